The zero-order valence-electron chi connectivity index (χ0n) is 25.6. The van der Waals surface area contributed by atoms with Crippen molar-refractivity contribution in [2.45, 2.75) is 51.6 Å². The van der Waals surface area contributed by atoms with Gasteiger partial charge in [-0.05, 0) is 30.9 Å². The minimum absolute atomic E-state index is 0.0284. The number of nitrogens with zero attached hydrogens (tertiary/aromatic N) is 3. The number of anilines is 2. The molecule has 2 aromatic rings. The summed E-state index contributed by atoms with van der Waals surface area (Å²) in [5, 5.41) is 0. The smallest absolute Gasteiger partial charge is 0.305 e. The topological polar surface area (TPSA) is 99.6 Å². The molecule has 0 aliphatic carbocycles. The summed E-state index contributed by atoms with van der Waals surface area (Å²) in [5.41, 5.74) is 2.36. The summed E-state index contributed by atoms with van der Waals surface area (Å²) < 4.78 is 25.4. The average molecular weight is 588 g/mol. The molecule has 1 N–H and O–H groups in total. The number of carbonyl (C=O) groups excluding carboxylic acids is 2. The van der Waals surface area contributed by atoms with Crippen molar-refractivity contribution in [1.82, 2.24) is 4.90 Å². The first-order chi connectivity index (χ1) is 19.3. The van der Waals surface area contributed by atoms with Crippen LogP contribution in [0.5, 0.6) is 11.5 Å². The molecule has 2 aromatic carbocycles. The van der Waals surface area contributed by atoms with Gasteiger partial charge in [-0.2, -0.15) is 0 Å². The number of carbonyl (C=O) groups is 2. The largest absolute Gasteiger partial charge is 0.465 e. The molecule has 1 atom stereocenters. The SMILES string of the molecule is CC(C)COC(=O)CCCCCN(C)C(=O)CCP(=O)(O)C1c2ccc(N(C)C)cc2Oc2cc(N(C)C)ccc21. The Kier molecular flexibility index (Phi) is 11.3. The molecule has 0 aromatic heterocycles. The second-order valence-corrected chi connectivity index (χ2v) is 14.1. The van der Waals surface area contributed by atoms with E-state index in [1.807, 2.05) is 88.2 Å². The van der Waals surface area contributed by atoms with Crippen LogP contribution in [0.15, 0.2) is 36.4 Å². The van der Waals surface area contributed by atoms with Crippen molar-refractivity contribution >= 4 is 30.6 Å². The number of amides is 1. The third-order valence-corrected chi connectivity index (χ3v) is 9.49. The van der Waals surface area contributed by atoms with Crippen molar-refractivity contribution in [2.75, 3.05) is 64.4 Å². The monoisotopic (exact) mass is 587 g/mol. The van der Waals surface area contributed by atoms with E-state index in [0.29, 0.717) is 54.5 Å². The van der Waals surface area contributed by atoms with E-state index in [9.17, 15) is 19.0 Å². The minimum Gasteiger partial charge on any atom is -0.465 e. The van der Waals surface area contributed by atoms with E-state index in [0.717, 1.165) is 24.2 Å². The third-order valence-electron chi connectivity index (χ3n) is 7.26. The van der Waals surface area contributed by atoms with Crippen LogP contribution in [0.1, 0.15) is 62.7 Å². The van der Waals surface area contributed by atoms with Crippen molar-refractivity contribution in [1.29, 1.82) is 0 Å². The average Bonchev–Trinajstić information content (AvgIpc) is 2.92. The highest BCUT2D eigenvalue weighted by atomic mass is 31.2. The molecule has 1 aliphatic rings. The molecular weight excluding hydrogens is 541 g/mol. The maximum atomic E-state index is 14.0. The molecule has 0 saturated carbocycles. The van der Waals surface area contributed by atoms with Gasteiger partial charge in [0.1, 0.15) is 11.5 Å². The Labute approximate surface area is 244 Å². The molecular formula is C31H46N3O6P. The van der Waals surface area contributed by atoms with Crippen molar-refractivity contribution in [2.24, 2.45) is 5.92 Å². The molecule has 0 saturated heterocycles. The summed E-state index contributed by atoms with van der Waals surface area (Å²) in [6.07, 6.45) is 2.47. The first-order valence-electron chi connectivity index (χ1n) is 14.3. The predicted molar refractivity (Wildman–Crippen MR) is 165 cm³/mol. The number of unbranched alkanes of at least 4 members (excludes halogenated alkanes) is 2. The number of fused-ring (bicyclic) bond motifs is 2. The van der Waals surface area contributed by atoms with Gasteiger partial charge in [0, 0.05) is 95.4 Å². The number of hydrogen-bond acceptors (Lipinski definition) is 7. The van der Waals surface area contributed by atoms with E-state index < -0.39 is 13.0 Å². The Bertz CT molecular complexity index is 1200. The Balaban J connectivity index is 1.65. The zero-order chi connectivity index (χ0) is 30.3. The summed E-state index contributed by atoms with van der Waals surface area (Å²) in [6.45, 7) is 4.96. The Hall–Kier alpha value is -3.03. The Morgan fingerprint density at radius 3 is 1.98 bits per heavy atom. The molecule has 9 nitrogen and oxygen atoms in total. The van der Waals surface area contributed by atoms with E-state index in [1.54, 1.807) is 11.9 Å². The lowest BCUT2D eigenvalue weighted by atomic mass is 9.98. The zero-order valence-corrected chi connectivity index (χ0v) is 26.4. The molecule has 0 fully saturated rings. The fourth-order valence-corrected chi connectivity index (χ4v) is 6.84. The van der Waals surface area contributed by atoms with E-state index in [2.05, 4.69) is 0 Å². The molecule has 1 heterocycles. The van der Waals surface area contributed by atoms with Crippen LogP contribution >= 0.6 is 7.37 Å². The summed E-state index contributed by atoms with van der Waals surface area (Å²) >= 11 is 0. The van der Waals surface area contributed by atoms with Crippen LogP contribution in [0.4, 0.5) is 11.4 Å². The molecule has 0 spiro atoms. The van der Waals surface area contributed by atoms with Crippen LogP contribution in [0.2, 0.25) is 0 Å². The van der Waals surface area contributed by atoms with Crippen LogP contribution in [0.3, 0.4) is 0 Å². The highest BCUT2D eigenvalue weighted by molar-refractivity contribution is 7.58. The lowest BCUT2D eigenvalue weighted by Gasteiger charge is -2.33. The fraction of sp³-hybridized carbons (Fsp3) is 0.548. The quantitative estimate of drug-likeness (QED) is 0.166. The normalized spacial score (nSPS) is 14.0. The molecule has 1 amide bonds. The first kappa shape index (κ1) is 32.5. The number of ether oxygens (including phenoxy) is 2. The Morgan fingerprint density at radius 1 is 0.902 bits per heavy atom. The summed E-state index contributed by atoms with van der Waals surface area (Å²) in [7, 11) is 5.57. The van der Waals surface area contributed by atoms with Gasteiger partial charge in [0.15, 0.2) is 0 Å². The van der Waals surface area contributed by atoms with Crippen LogP contribution < -0.4 is 14.5 Å². The van der Waals surface area contributed by atoms with Gasteiger partial charge in [-0.15, -0.1) is 0 Å². The van der Waals surface area contributed by atoms with Crippen molar-refractivity contribution in [3.8, 4) is 11.5 Å². The number of benzene rings is 2. The fourth-order valence-electron chi connectivity index (χ4n) is 4.78. The summed E-state index contributed by atoms with van der Waals surface area (Å²) in [6, 6.07) is 11.3. The maximum Gasteiger partial charge on any atom is 0.305 e. The lowest BCUT2D eigenvalue weighted by molar-refractivity contribution is -0.144. The van der Waals surface area contributed by atoms with Crippen LogP contribution in [-0.2, 0) is 18.9 Å². The molecule has 1 aliphatic heterocycles. The number of hydrogen-bond donors (Lipinski definition) is 1. The van der Waals surface area contributed by atoms with Gasteiger partial charge >= 0.3 is 5.97 Å². The van der Waals surface area contributed by atoms with Gasteiger partial charge in [-0.25, -0.2) is 0 Å². The van der Waals surface area contributed by atoms with Crippen molar-refractivity contribution in [3.63, 3.8) is 0 Å². The second-order valence-electron chi connectivity index (χ2n) is 11.7. The van der Waals surface area contributed by atoms with Crippen molar-refractivity contribution in [3.05, 3.63) is 47.5 Å². The molecule has 226 valence electrons. The molecule has 0 radical (unpaired) electrons. The first-order valence-corrected chi connectivity index (χ1v) is 16.2. The van der Waals surface area contributed by atoms with E-state index in [-0.39, 0.29) is 24.5 Å². The standard InChI is InChI=1S/C31H46N3O6P/c1-22(2)21-39-30(36)11-9-8-10-17-34(7)29(35)16-18-41(37,38)31-25-14-12-23(32(3)4)19-27(25)40-28-20-24(33(5)6)13-15-26(28)31/h12-15,19-20,22,31H,8-11,16-18,21H2,1-7H3,(H,37,38). The maximum absolute atomic E-state index is 14.0. The van der Waals surface area contributed by atoms with E-state index >= 15 is 0 Å². The molecule has 41 heavy (non-hydrogen) atoms. The highest BCUT2D eigenvalue weighted by Gasteiger charge is 2.40. The van der Waals surface area contributed by atoms with Gasteiger partial charge in [-0.3, -0.25) is 14.2 Å². The highest BCUT2D eigenvalue weighted by Crippen LogP contribution is 2.64. The van der Waals surface area contributed by atoms with Gasteiger partial charge < -0.3 is 29.1 Å². The van der Waals surface area contributed by atoms with Crippen LogP contribution in [-0.4, -0.2) is 76.2 Å². The van der Waals surface area contributed by atoms with Crippen LogP contribution in [0, 0.1) is 5.92 Å². The van der Waals surface area contributed by atoms with Gasteiger partial charge in [0.2, 0.25) is 13.3 Å². The summed E-state index contributed by atoms with van der Waals surface area (Å²) in [5.74, 6) is 1.06. The van der Waals surface area contributed by atoms with Gasteiger partial charge in [-0.1, -0.05) is 32.4 Å². The van der Waals surface area contributed by atoms with Crippen LogP contribution in [0.25, 0.3) is 0 Å². The predicted octanol–water partition coefficient (Wildman–Crippen LogP) is 5.89. The third kappa shape index (κ3) is 8.73. The minimum atomic E-state index is -3.87. The van der Waals surface area contributed by atoms with E-state index in [4.69, 9.17) is 9.47 Å². The Morgan fingerprint density at radius 2 is 1.46 bits per heavy atom. The molecule has 10 heteroatoms. The summed E-state index contributed by atoms with van der Waals surface area (Å²) in [4.78, 5) is 41.6. The van der Waals surface area contributed by atoms with Gasteiger partial charge in [0.05, 0.1) is 12.3 Å². The molecule has 1 unspecified atom stereocenters. The van der Waals surface area contributed by atoms with Crippen molar-refractivity contribution < 1.29 is 28.5 Å². The molecule has 3 rings (SSSR count). The van der Waals surface area contributed by atoms with Gasteiger partial charge in [0.25, 0.3) is 0 Å². The molecule has 0 bridgehead atoms. The second kappa shape index (κ2) is 14.2. The number of esters is 1. The lowest BCUT2D eigenvalue weighted by Crippen LogP contribution is -2.28. The van der Waals surface area contributed by atoms with E-state index in [1.165, 1.54) is 0 Å². The number of rotatable bonds is 14.